The van der Waals surface area contributed by atoms with Gasteiger partial charge in [0, 0.05) is 32.9 Å². The fourth-order valence-electron chi connectivity index (χ4n) is 2.40. The summed E-state index contributed by atoms with van der Waals surface area (Å²) in [6.45, 7) is 0. The zero-order valence-electron chi connectivity index (χ0n) is 12.1. The van der Waals surface area contributed by atoms with Gasteiger partial charge in [-0.2, -0.15) is 0 Å². The van der Waals surface area contributed by atoms with Gasteiger partial charge < -0.3 is 0 Å². The van der Waals surface area contributed by atoms with Crippen LogP contribution in [0, 0.1) is 0 Å². The summed E-state index contributed by atoms with van der Waals surface area (Å²) in [5, 5.41) is 2.62. The topological polar surface area (TPSA) is 12.9 Å². The second-order valence-corrected chi connectivity index (χ2v) is 7.98. The molecule has 0 aliphatic rings. The van der Waals surface area contributed by atoms with Gasteiger partial charge in [0.15, 0.2) is 0 Å². The van der Waals surface area contributed by atoms with E-state index in [4.69, 9.17) is 81.2 Å². The van der Waals surface area contributed by atoms with E-state index in [9.17, 15) is 0 Å². The lowest BCUT2D eigenvalue weighted by molar-refractivity contribution is 1.32. The molecule has 0 amide bonds. The highest BCUT2D eigenvalue weighted by Gasteiger charge is 2.20. The van der Waals surface area contributed by atoms with E-state index in [0.29, 0.717) is 57.5 Å². The number of hydrogen-bond acceptors (Lipinski definition) is 1. The van der Waals surface area contributed by atoms with Gasteiger partial charge in [0.05, 0.1) is 30.8 Å². The van der Waals surface area contributed by atoms with E-state index in [0.717, 1.165) is 0 Å². The lowest BCUT2D eigenvalue weighted by Crippen LogP contribution is -1.93. The zero-order valence-corrected chi connectivity index (χ0v) is 17.3. The van der Waals surface area contributed by atoms with Gasteiger partial charge in [0.25, 0.3) is 0 Å². The van der Waals surface area contributed by atoms with Crippen LogP contribution in [0.5, 0.6) is 0 Å². The van der Waals surface area contributed by atoms with Crippen LogP contribution in [-0.2, 0) is 0 Å². The molecule has 1 heterocycles. The predicted molar refractivity (Wildman–Crippen MR) is 110 cm³/mol. The number of pyridine rings is 1. The Morgan fingerprint density at radius 3 is 1.44 bits per heavy atom. The number of rotatable bonds is 2. The first-order valence-corrected chi connectivity index (χ1v) is 9.38. The summed E-state index contributed by atoms with van der Waals surface area (Å²) in [6, 6.07) is 8.01. The average molecular weight is 472 g/mol. The van der Waals surface area contributed by atoms with Gasteiger partial charge in [-0.05, 0) is 30.3 Å². The Bertz CT molecular complexity index is 939. The molecular formula is C17H6Cl7N. The maximum Gasteiger partial charge on any atom is 0.0812 e. The first-order valence-electron chi connectivity index (χ1n) is 6.73. The Hall–Kier alpha value is -0.380. The van der Waals surface area contributed by atoms with E-state index in [1.54, 1.807) is 30.3 Å². The first-order chi connectivity index (χ1) is 11.8. The largest absolute Gasteiger partial charge is 0.254 e. The van der Waals surface area contributed by atoms with Crippen LogP contribution in [0.2, 0.25) is 35.2 Å². The minimum atomic E-state index is 0.342. The average Bonchev–Trinajstić information content (AvgIpc) is 2.47. The third kappa shape index (κ3) is 3.99. The number of aromatic nitrogens is 1. The highest BCUT2D eigenvalue weighted by molar-refractivity contribution is 6.44. The van der Waals surface area contributed by atoms with Crippen molar-refractivity contribution in [3.05, 3.63) is 71.7 Å². The van der Waals surface area contributed by atoms with Crippen LogP contribution < -0.4 is 0 Å². The molecule has 0 unspecified atom stereocenters. The SMILES string of the molecule is Clc1cc(Cl)c(-c2cc(Cl)cnc2-c2c(Cl)cc(Cl)cc2Cl)c(Cl)c1. The van der Waals surface area contributed by atoms with E-state index < -0.39 is 0 Å². The molecule has 0 saturated heterocycles. The molecule has 25 heavy (non-hydrogen) atoms. The minimum absolute atomic E-state index is 0.342. The fraction of sp³-hybridized carbons (Fsp3) is 0. The van der Waals surface area contributed by atoms with E-state index in [2.05, 4.69) is 4.98 Å². The smallest absolute Gasteiger partial charge is 0.0812 e. The van der Waals surface area contributed by atoms with Gasteiger partial charge in [-0.15, -0.1) is 0 Å². The molecule has 1 aromatic heterocycles. The zero-order chi connectivity index (χ0) is 18.3. The van der Waals surface area contributed by atoms with E-state index >= 15 is 0 Å². The van der Waals surface area contributed by atoms with Crippen molar-refractivity contribution in [2.24, 2.45) is 0 Å². The minimum Gasteiger partial charge on any atom is -0.254 e. The lowest BCUT2D eigenvalue weighted by Gasteiger charge is -2.15. The molecule has 0 bridgehead atoms. The summed E-state index contributed by atoms with van der Waals surface area (Å²) >= 11 is 43.5. The molecule has 0 N–H and O–H groups in total. The molecule has 0 radical (unpaired) electrons. The lowest BCUT2D eigenvalue weighted by atomic mass is 9.99. The molecule has 8 heteroatoms. The molecule has 0 aliphatic carbocycles. The molecule has 128 valence electrons. The second-order valence-electron chi connectivity index (χ2n) is 5.04. The predicted octanol–water partition coefficient (Wildman–Crippen LogP) is 8.99. The van der Waals surface area contributed by atoms with Gasteiger partial charge in [0.2, 0.25) is 0 Å². The quantitative estimate of drug-likeness (QED) is 0.363. The van der Waals surface area contributed by atoms with Crippen LogP contribution in [0.15, 0.2) is 36.5 Å². The number of benzene rings is 2. The van der Waals surface area contributed by atoms with E-state index in [-0.39, 0.29) is 0 Å². The van der Waals surface area contributed by atoms with Crippen LogP contribution in [-0.4, -0.2) is 4.98 Å². The molecule has 0 saturated carbocycles. The first kappa shape index (κ1) is 19.4. The molecule has 1 nitrogen and oxygen atoms in total. The molecule has 3 rings (SSSR count). The Morgan fingerprint density at radius 1 is 0.520 bits per heavy atom. The highest BCUT2D eigenvalue weighted by Crippen LogP contribution is 2.45. The highest BCUT2D eigenvalue weighted by atomic mass is 35.5. The van der Waals surface area contributed by atoms with Crippen molar-refractivity contribution in [3.63, 3.8) is 0 Å². The van der Waals surface area contributed by atoms with Crippen LogP contribution in [0.25, 0.3) is 22.4 Å². The Morgan fingerprint density at radius 2 is 0.960 bits per heavy atom. The molecule has 0 fully saturated rings. The van der Waals surface area contributed by atoms with Gasteiger partial charge >= 0.3 is 0 Å². The molecule has 2 aromatic carbocycles. The van der Waals surface area contributed by atoms with Crippen molar-refractivity contribution in [2.75, 3.05) is 0 Å². The van der Waals surface area contributed by atoms with E-state index in [1.807, 2.05) is 0 Å². The van der Waals surface area contributed by atoms with E-state index in [1.165, 1.54) is 6.20 Å². The van der Waals surface area contributed by atoms with Crippen LogP contribution in [0.1, 0.15) is 0 Å². The van der Waals surface area contributed by atoms with Crippen LogP contribution >= 0.6 is 81.2 Å². The Labute approximate surface area is 179 Å². The third-order valence-corrected chi connectivity index (χ3v) is 5.21. The van der Waals surface area contributed by atoms with Crippen LogP contribution in [0.4, 0.5) is 0 Å². The molecule has 0 aliphatic heterocycles. The monoisotopic (exact) mass is 469 g/mol. The van der Waals surface area contributed by atoms with Gasteiger partial charge in [-0.1, -0.05) is 81.2 Å². The van der Waals surface area contributed by atoms with Crippen LogP contribution in [0.3, 0.4) is 0 Å². The van der Waals surface area contributed by atoms with Crippen molar-refractivity contribution >= 4 is 81.2 Å². The second kappa shape index (κ2) is 7.70. The maximum atomic E-state index is 6.36. The Balaban J connectivity index is 2.37. The van der Waals surface area contributed by atoms with Crippen molar-refractivity contribution in [1.29, 1.82) is 0 Å². The number of hydrogen-bond donors (Lipinski definition) is 0. The Kier molecular flexibility index (Phi) is 5.97. The number of halogens is 7. The summed E-state index contributed by atoms with van der Waals surface area (Å²) in [7, 11) is 0. The van der Waals surface area contributed by atoms with Crippen molar-refractivity contribution < 1.29 is 0 Å². The summed E-state index contributed by atoms with van der Waals surface area (Å²) in [5.41, 5.74) is 2.08. The fourth-order valence-corrected chi connectivity index (χ4v) is 4.57. The molecule has 0 spiro atoms. The summed E-state index contributed by atoms with van der Waals surface area (Å²) < 4.78 is 0. The van der Waals surface area contributed by atoms with Gasteiger partial charge in [0.1, 0.15) is 0 Å². The summed E-state index contributed by atoms with van der Waals surface area (Å²) in [6.07, 6.45) is 1.49. The third-order valence-electron chi connectivity index (χ3n) is 3.37. The van der Waals surface area contributed by atoms with Crippen molar-refractivity contribution in [1.82, 2.24) is 4.98 Å². The van der Waals surface area contributed by atoms with Crippen molar-refractivity contribution in [3.8, 4) is 22.4 Å². The molecule has 0 atom stereocenters. The van der Waals surface area contributed by atoms with Gasteiger partial charge in [-0.25, -0.2) is 0 Å². The normalized spacial score (nSPS) is 11.0. The maximum absolute atomic E-state index is 6.36. The van der Waals surface area contributed by atoms with Gasteiger partial charge in [-0.3, -0.25) is 4.98 Å². The summed E-state index contributed by atoms with van der Waals surface area (Å²) in [4.78, 5) is 4.39. The number of nitrogens with zero attached hydrogens (tertiary/aromatic N) is 1. The standard InChI is InChI=1S/C17H6Cl7N/c18-7-2-11(21)15(12(22)3-7)10-1-9(20)6-25-17(10)16-13(23)4-8(19)5-14(16)24/h1-6H. The molecular weight excluding hydrogens is 466 g/mol. The van der Waals surface area contributed by atoms with Crippen molar-refractivity contribution in [2.45, 2.75) is 0 Å². The molecule has 3 aromatic rings. The summed E-state index contributed by atoms with van der Waals surface area (Å²) in [5.74, 6) is 0.